The number of rotatable bonds is 5. The number of nitrogens with one attached hydrogen (secondary N) is 2. The molecule has 27 heavy (non-hydrogen) atoms. The first-order chi connectivity index (χ1) is 13.0. The molecule has 0 aromatic heterocycles. The molecule has 0 radical (unpaired) electrons. The van der Waals surface area contributed by atoms with Gasteiger partial charge in [-0.05, 0) is 53.9 Å². The predicted octanol–water partition coefficient (Wildman–Crippen LogP) is 5.00. The highest BCUT2D eigenvalue weighted by molar-refractivity contribution is 7.80. The fourth-order valence-electron chi connectivity index (χ4n) is 2.63. The molecule has 138 valence electrons. The summed E-state index contributed by atoms with van der Waals surface area (Å²) >= 11 is 5.16. The van der Waals surface area contributed by atoms with Crippen LogP contribution in [0, 0.1) is 5.92 Å². The number of hydrogen-bond donors (Lipinski definition) is 2. The van der Waals surface area contributed by atoms with E-state index in [0.29, 0.717) is 22.4 Å². The van der Waals surface area contributed by atoms with Gasteiger partial charge in [-0.3, -0.25) is 4.79 Å². The molecule has 0 saturated carbocycles. The van der Waals surface area contributed by atoms with Crippen LogP contribution in [0.25, 0.3) is 10.8 Å². The molecule has 2 N–H and O–H groups in total. The van der Waals surface area contributed by atoms with Gasteiger partial charge in [0.1, 0.15) is 5.75 Å². The largest absolute Gasteiger partial charge is 0.432 e. The Morgan fingerprint density at radius 3 is 2.44 bits per heavy atom. The third-order valence-electron chi connectivity index (χ3n) is 4.02. The van der Waals surface area contributed by atoms with Gasteiger partial charge < -0.3 is 15.4 Å². The Morgan fingerprint density at radius 2 is 1.70 bits per heavy atom. The van der Waals surface area contributed by atoms with E-state index in [-0.39, 0.29) is 5.91 Å². The molecule has 0 spiro atoms. The van der Waals surface area contributed by atoms with Gasteiger partial charge >= 0.3 is 0 Å². The Balaban J connectivity index is 1.66. The lowest BCUT2D eigenvalue weighted by atomic mass is 10.1. The molecule has 0 unspecified atom stereocenters. The van der Waals surface area contributed by atoms with Crippen molar-refractivity contribution >= 4 is 39.8 Å². The monoisotopic (exact) mass is 378 g/mol. The van der Waals surface area contributed by atoms with E-state index in [1.807, 2.05) is 42.5 Å². The Morgan fingerprint density at radius 1 is 1.00 bits per heavy atom. The number of fused-ring (bicyclic) bond motifs is 1. The summed E-state index contributed by atoms with van der Waals surface area (Å²) < 4.78 is 5.56. The maximum absolute atomic E-state index is 12.6. The summed E-state index contributed by atoms with van der Waals surface area (Å²) in [6, 6.07) is 20.7. The molecule has 0 aliphatic carbocycles. The first kappa shape index (κ1) is 18.9. The zero-order chi connectivity index (χ0) is 19.2. The van der Waals surface area contributed by atoms with Crippen molar-refractivity contribution in [1.82, 2.24) is 5.32 Å². The van der Waals surface area contributed by atoms with Gasteiger partial charge in [0.15, 0.2) is 0 Å². The van der Waals surface area contributed by atoms with Gasteiger partial charge in [0.2, 0.25) is 0 Å². The zero-order valence-electron chi connectivity index (χ0n) is 15.4. The Hall–Kier alpha value is -2.92. The number of anilines is 1. The molecule has 4 nitrogen and oxygen atoms in total. The van der Waals surface area contributed by atoms with Crippen molar-refractivity contribution < 1.29 is 9.53 Å². The second-order valence-corrected chi connectivity index (χ2v) is 7.04. The molecule has 0 bridgehead atoms. The van der Waals surface area contributed by atoms with E-state index in [0.717, 1.165) is 23.0 Å². The van der Waals surface area contributed by atoms with Gasteiger partial charge in [0.05, 0.1) is 0 Å². The van der Waals surface area contributed by atoms with Gasteiger partial charge in [-0.2, -0.15) is 0 Å². The maximum atomic E-state index is 12.6. The lowest BCUT2D eigenvalue weighted by Gasteiger charge is -2.12. The highest BCUT2D eigenvalue weighted by atomic mass is 32.1. The molecule has 0 saturated heterocycles. The van der Waals surface area contributed by atoms with Crippen molar-refractivity contribution in [2.75, 3.05) is 11.9 Å². The molecule has 1 amide bonds. The minimum atomic E-state index is -0.168. The van der Waals surface area contributed by atoms with Crippen molar-refractivity contribution in [3.05, 3.63) is 72.3 Å². The lowest BCUT2D eigenvalue weighted by molar-refractivity contribution is 0.102. The van der Waals surface area contributed by atoms with E-state index in [9.17, 15) is 4.79 Å². The van der Waals surface area contributed by atoms with Crippen LogP contribution in [0.5, 0.6) is 5.75 Å². The SMILES string of the molecule is CC(C)CNC(=S)Oc1ccc(C(=O)Nc2cccc3ccccc23)cc1. The van der Waals surface area contributed by atoms with Crippen molar-refractivity contribution in [1.29, 1.82) is 0 Å². The molecule has 3 aromatic carbocycles. The van der Waals surface area contributed by atoms with Crippen LogP contribution >= 0.6 is 12.2 Å². The predicted molar refractivity (Wildman–Crippen MR) is 114 cm³/mol. The third kappa shape index (κ3) is 5.05. The molecular formula is C22H22N2O2S. The lowest BCUT2D eigenvalue weighted by Crippen LogP contribution is -2.29. The average Bonchev–Trinajstić information content (AvgIpc) is 2.67. The minimum Gasteiger partial charge on any atom is -0.432 e. The number of amides is 1. The highest BCUT2D eigenvalue weighted by Gasteiger charge is 2.09. The van der Waals surface area contributed by atoms with Gasteiger partial charge in [-0.15, -0.1) is 0 Å². The summed E-state index contributed by atoms with van der Waals surface area (Å²) in [5, 5.41) is 8.45. The van der Waals surface area contributed by atoms with Crippen LogP contribution in [-0.4, -0.2) is 17.6 Å². The van der Waals surface area contributed by atoms with Crippen LogP contribution in [-0.2, 0) is 0 Å². The zero-order valence-corrected chi connectivity index (χ0v) is 16.2. The van der Waals surface area contributed by atoms with Crippen molar-refractivity contribution in [3.8, 4) is 5.75 Å². The molecule has 3 rings (SSSR count). The molecule has 0 heterocycles. The highest BCUT2D eigenvalue weighted by Crippen LogP contribution is 2.23. The summed E-state index contributed by atoms with van der Waals surface area (Å²) in [4.78, 5) is 12.6. The summed E-state index contributed by atoms with van der Waals surface area (Å²) in [5.74, 6) is 0.906. The number of benzene rings is 3. The van der Waals surface area contributed by atoms with E-state index in [1.165, 1.54) is 0 Å². The van der Waals surface area contributed by atoms with Crippen molar-refractivity contribution in [2.24, 2.45) is 5.92 Å². The third-order valence-corrected chi connectivity index (χ3v) is 4.25. The van der Waals surface area contributed by atoms with Crippen LogP contribution in [0.3, 0.4) is 0 Å². The Labute approximate surface area is 164 Å². The Kier molecular flexibility index (Phi) is 6.04. The molecule has 0 fully saturated rings. The van der Waals surface area contributed by atoms with Gasteiger partial charge in [-0.25, -0.2) is 0 Å². The molecular weight excluding hydrogens is 356 g/mol. The molecule has 0 aliphatic rings. The first-order valence-electron chi connectivity index (χ1n) is 8.88. The fourth-order valence-corrected chi connectivity index (χ4v) is 2.81. The summed E-state index contributed by atoms with van der Waals surface area (Å²) in [6.45, 7) is 4.95. The van der Waals surface area contributed by atoms with Crippen LogP contribution in [0.1, 0.15) is 24.2 Å². The number of hydrogen-bond acceptors (Lipinski definition) is 3. The standard InChI is InChI=1S/C22H22N2O2S/c1-15(2)14-23-22(27)26-18-12-10-17(11-13-18)21(25)24-20-9-5-7-16-6-3-4-8-19(16)20/h3-13,15H,14H2,1-2H3,(H,23,27)(H,24,25). The van der Waals surface area contributed by atoms with E-state index < -0.39 is 0 Å². The Bertz CT molecular complexity index is 947. The van der Waals surface area contributed by atoms with Gasteiger partial charge in [-0.1, -0.05) is 50.2 Å². The number of thiocarbonyl (C=S) groups is 1. The normalized spacial score (nSPS) is 10.6. The quantitative estimate of drug-likeness (QED) is 0.613. The number of carbonyl (C=O) groups is 1. The second-order valence-electron chi connectivity index (χ2n) is 6.67. The smallest absolute Gasteiger partial charge is 0.262 e. The van der Waals surface area contributed by atoms with Crippen molar-refractivity contribution in [3.63, 3.8) is 0 Å². The second kappa shape index (κ2) is 8.64. The summed E-state index contributed by atoms with van der Waals surface area (Å²) in [5.41, 5.74) is 1.34. The van der Waals surface area contributed by atoms with Crippen molar-refractivity contribution in [2.45, 2.75) is 13.8 Å². The van der Waals surface area contributed by atoms with Crippen LogP contribution in [0.15, 0.2) is 66.7 Å². The molecule has 3 aromatic rings. The molecule has 5 heteroatoms. The van der Waals surface area contributed by atoms with E-state index >= 15 is 0 Å². The minimum absolute atomic E-state index is 0.168. The number of carbonyl (C=O) groups excluding carboxylic acids is 1. The fraction of sp³-hybridized carbons (Fsp3) is 0.182. The van der Waals surface area contributed by atoms with Crippen LogP contribution in [0.2, 0.25) is 0 Å². The van der Waals surface area contributed by atoms with E-state index in [2.05, 4.69) is 24.5 Å². The molecule has 0 atom stereocenters. The summed E-state index contributed by atoms with van der Waals surface area (Å²) in [6.07, 6.45) is 0. The molecule has 0 aliphatic heterocycles. The van der Waals surface area contributed by atoms with Gasteiger partial charge in [0, 0.05) is 23.2 Å². The van der Waals surface area contributed by atoms with E-state index in [1.54, 1.807) is 24.3 Å². The maximum Gasteiger partial charge on any atom is 0.262 e. The average molecular weight is 378 g/mol. The van der Waals surface area contributed by atoms with Gasteiger partial charge in [0.25, 0.3) is 11.1 Å². The van der Waals surface area contributed by atoms with E-state index in [4.69, 9.17) is 17.0 Å². The first-order valence-corrected chi connectivity index (χ1v) is 9.28. The van der Waals surface area contributed by atoms with Crippen LogP contribution < -0.4 is 15.4 Å². The number of ether oxygens (including phenoxy) is 1. The topological polar surface area (TPSA) is 50.4 Å². The summed E-state index contributed by atoms with van der Waals surface area (Å²) in [7, 11) is 0. The van der Waals surface area contributed by atoms with Crippen LogP contribution in [0.4, 0.5) is 5.69 Å².